The van der Waals surface area contributed by atoms with Crippen LogP contribution in [0.2, 0.25) is 5.02 Å². The highest BCUT2D eigenvalue weighted by Crippen LogP contribution is 2.37. The summed E-state index contributed by atoms with van der Waals surface area (Å²) in [5.41, 5.74) is 6.31. The van der Waals surface area contributed by atoms with Crippen molar-refractivity contribution in [1.82, 2.24) is 5.32 Å². The third-order valence-corrected chi connectivity index (χ3v) is 3.69. The van der Waals surface area contributed by atoms with Crippen molar-refractivity contribution in [3.63, 3.8) is 0 Å². The molecule has 1 aromatic rings. The van der Waals surface area contributed by atoms with Gasteiger partial charge in [0.25, 0.3) is 5.91 Å². The fraction of sp³-hybridized carbons (Fsp3) is 0.533. The molecule has 0 spiro atoms. The Balaban J connectivity index is 2.17. The number of carbonyl (C=O) groups excluding carboxylic acids is 1. The first kappa shape index (κ1) is 15.9. The van der Waals surface area contributed by atoms with Crippen LogP contribution in [0.3, 0.4) is 0 Å². The molecule has 1 aromatic carbocycles. The Morgan fingerprint density at radius 3 is 2.76 bits per heavy atom. The van der Waals surface area contributed by atoms with Crippen LogP contribution >= 0.6 is 11.6 Å². The van der Waals surface area contributed by atoms with Crippen molar-refractivity contribution in [2.24, 2.45) is 5.73 Å². The van der Waals surface area contributed by atoms with Gasteiger partial charge in [-0.25, -0.2) is 0 Å². The molecule has 1 atom stereocenters. The van der Waals surface area contributed by atoms with Gasteiger partial charge < -0.3 is 20.5 Å². The van der Waals surface area contributed by atoms with Crippen LogP contribution < -0.4 is 20.5 Å². The van der Waals surface area contributed by atoms with Gasteiger partial charge in [-0.3, -0.25) is 4.79 Å². The fourth-order valence-electron chi connectivity index (χ4n) is 2.02. The lowest BCUT2D eigenvalue weighted by molar-refractivity contribution is -0.124. The van der Waals surface area contributed by atoms with E-state index >= 15 is 0 Å². The van der Waals surface area contributed by atoms with E-state index in [0.717, 1.165) is 12.1 Å². The molecule has 0 radical (unpaired) electrons. The molecule has 21 heavy (non-hydrogen) atoms. The predicted molar refractivity (Wildman–Crippen MR) is 81.8 cm³/mol. The minimum atomic E-state index is -0.716. The van der Waals surface area contributed by atoms with Gasteiger partial charge in [0.1, 0.15) is 0 Å². The van der Waals surface area contributed by atoms with Gasteiger partial charge in [-0.05, 0) is 37.0 Å². The van der Waals surface area contributed by atoms with Crippen LogP contribution in [0, 0.1) is 0 Å². The molecular formula is C15H21ClN2O3. The summed E-state index contributed by atoms with van der Waals surface area (Å²) >= 11 is 6.27. The normalized spacial score (nSPS) is 15.6. The highest BCUT2D eigenvalue weighted by Gasteiger charge is 2.22. The summed E-state index contributed by atoms with van der Waals surface area (Å²) in [4.78, 5) is 11.3. The zero-order valence-corrected chi connectivity index (χ0v) is 13.1. The van der Waals surface area contributed by atoms with E-state index in [4.69, 9.17) is 26.8 Å². The van der Waals surface area contributed by atoms with E-state index in [1.54, 1.807) is 7.11 Å². The standard InChI is InChI=1S/C15H21ClN2O3/c1-3-12(15(17)19)21-14-11(16)6-9(7-13(14)20-2)8-18-10-4-5-10/h6-7,10,12,18H,3-5,8H2,1-2H3,(H2,17,19). The van der Waals surface area contributed by atoms with E-state index in [1.807, 2.05) is 19.1 Å². The third kappa shape index (κ3) is 4.25. The van der Waals surface area contributed by atoms with E-state index in [0.29, 0.717) is 29.0 Å². The largest absolute Gasteiger partial charge is 0.493 e. The topological polar surface area (TPSA) is 73.6 Å². The highest BCUT2D eigenvalue weighted by atomic mass is 35.5. The molecular weight excluding hydrogens is 292 g/mol. The quantitative estimate of drug-likeness (QED) is 0.772. The molecule has 0 saturated heterocycles. The molecule has 6 heteroatoms. The maximum Gasteiger partial charge on any atom is 0.258 e. The summed E-state index contributed by atoms with van der Waals surface area (Å²) < 4.78 is 10.9. The number of rotatable bonds is 8. The molecule has 1 aliphatic carbocycles. The van der Waals surface area contributed by atoms with Crippen LogP contribution in [0.25, 0.3) is 0 Å². The van der Waals surface area contributed by atoms with E-state index in [2.05, 4.69) is 5.32 Å². The molecule has 3 N–H and O–H groups in total. The zero-order valence-electron chi connectivity index (χ0n) is 12.3. The highest BCUT2D eigenvalue weighted by molar-refractivity contribution is 6.32. The fourth-order valence-corrected chi connectivity index (χ4v) is 2.30. The van der Waals surface area contributed by atoms with Crippen LogP contribution in [0.1, 0.15) is 31.7 Å². The SMILES string of the molecule is CCC(Oc1c(Cl)cc(CNC2CC2)cc1OC)C(N)=O. The molecule has 0 aromatic heterocycles. The van der Waals surface area contributed by atoms with Crippen LogP contribution in [0.15, 0.2) is 12.1 Å². The van der Waals surface area contributed by atoms with Crippen LogP contribution in [0.4, 0.5) is 0 Å². The monoisotopic (exact) mass is 312 g/mol. The second-order valence-corrected chi connectivity index (χ2v) is 5.59. The lowest BCUT2D eigenvalue weighted by Gasteiger charge is -2.18. The molecule has 1 unspecified atom stereocenters. The first-order valence-electron chi connectivity index (χ1n) is 7.10. The van der Waals surface area contributed by atoms with Crippen molar-refractivity contribution in [2.45, 2.75) is 44.9 Å². The molecule has 5 nitrogen and oxygen atoms in total. The van der Waals surface area contributed by atoms with Gasteiger partial charge in [0.05, 0.1) is 12.1 Å². The Morgan fingerprint density at radius 2 is 2.24 bits per heavy atom. The molecule has 1 amide bonds. The van der Waals surface area contributed by atoms with Crippen molar-refractivity contribution in [2.75, 3.05) is 7.11 Å². The zero-order chi connectivity index (χ0) is 15.4. The molecule has 1 aliphatic rings. The van der Waals surface area contributed by atoms with Gasteiger partial charge in [-0.15, -0.1) is 0 Å². The molecule has 1 saturated carbocycles. The molecule has 0 bridgehead atoms. The minimum Gasteiger partial charge on any atom is -0.493 e. The second-order valence-electron chi connectivity index (χ2n) is 5.18. The van der Waals surface area contributed by atoms with Gasteiger partial charge in [0.2, 0.25) is 0 Å². The summed E-state index contributed by atoms with van der Waals surface area (Å²) in [5.74, 6) is 0.352. The Bertz CT molecular complexity index is 518. The first-order chi connectivity index (χ1) is 10.0. The number of primary amides is 1. The number of hydrogen-bond donors (Lipinski definition) is 2. The first-order valence-corrected chi connectivity index (χ1v) is 7.48. The number of methoxy groups -OCH3 is 1. The smallest absolute Gasteiger partial charge is 0.258 e. The van der Waals surface area contributed by atoms with Crippen LogP contribution in [0.5, 0.6) is 11.5 Å². The average molecular weight is 313 g/mol. The molecule has 116 valence electrons. The lowest BCUT2D eigenvalue weighted by Crippen LogP contribution is -2.33. The lowest BCUT2D eigenvalue weighted by atomic mass is 10.2. The van der Waals surface area contributed by atoms with E-state index in [1.165, 1.54) is 12.8 Å². The molecule has 1 fully saturated rings. The van der Waals surface area contributed by atoms with Crippen molar-refractivity contribution in [1.29, 1.82) is 0 Å². The average Bonchev–Trinajstić information content (AvgIpc) is 3.27. The van der Waals surface area contributed by atoms with E-state index in [9.17, 15) is 4.79 Å². The maximum atomic E-state index is 11.3. The minimum absolute atomic E-state index is 0.361. The van der Waals surface area contributed by atoms with Crippen molar-refractivity contribution < 1.29 is 14.3 Å². The molecule has 0 heterocycles. The van der Waals surface area contributed by atoms with Gasteiger partial charge in [0, 0.05) is 12.6 Å². The number of hydrogen-bond acceptors (Lipinski definition) is 4. The summed E-state index contributed by atoms with van der Waals surface area (Å²) in [6, 6.07) is 4.30. The number of amides is 1. The van der Waals surface area contributed by atoms with Crippen LogP contribution in [-0.2, 0) is 11.3 Å². The Morgan fingerprint density at radius 1 is 1.52 bits per heavy atom. The molecule has 0 aliphatic heterocycles. The third-order valence-electron chi connectivity index (χ3n) is 3.41. The number of benzene rings is 1. The van der Waals surface area contributed by atoms with Crippen LogP contribution in [-0.4, -0.2) is 25.2 Å². The number of halogens is 1. The van der Waals surface area contributed by atoms with Gasteiger partial charge in [-0.2, -0.15) is 0 Å². The number of nitrogens with two attached hydrogens (primary N) is 1. The maximum absolute atomic E-state index is 11.3. The van der Waals surface area contributed by atoms with Crippen molar-refractivity contribution in [3.8, 4) is 11.5 Å². The Labute approximate surface area is 129 Å². The van der Waals surface area contributed by atoms with Crippen molar-refractivity contribution >= 4 is 17.5 Å². The van der Waals surface area contributed by atoms with Gasteiger partial charge >= 0.3 is 0 Å². The predicted octanol–water partition coefficient (Wildman–Crippen LogP) is 2.24. The second kappa shape index (κ2) is 7.00. The number of carbonyl (C=O) groups is 1. The van der Waals surface area contributed by atoms with E-state index < -0.39 is 12.0 Å². The summed E-state index contributed by atoms with van der Waals surface area (Å²) in [6.45, 7) is 2.55. The summed E-state index contributed by atoms with van der Waals surface area (Å²) in [5, 5.41) is 3.83. The number of nitrogens with one attached hydrogen (secondary N) is 1. The molecule has 2 rings (SSSR count). The summed E-state index contributed by atoms with van der Waals surface area (Å²) in [6.07, 6.45) is 2.21. The Kier molecular flexibility index (Phi) is 5.31. The van der Waals surface area contributed by atoms with Crippen molar-refractivity contribution in [3.05, 3.63) is 22.7 Å². The van der Waals surface area contributed by atoms with Gasteiger partial charge in [-0.1, -0.05) is 18.5 Å². The summed E-state index contributed by atoms with van der Waals surface area (Å²) in [7, 11) is 1.54. The Hall–Kier alpha value is -1.46. The number of ether oxygens (including phenoxy) is 2. The van der Waals surface area contributed by atoms with E-state index in [-0.39, 0.29) is 0 Å². The van der Waals surface area contributed by atoms with Gasteiger partial charge in [0.15, 0.2) is 17.6 Å².